The smallest absolute Gasteiger partial charge is 0.759 e. The van der Waals surface area contributed by atoms with E-state index in [-0.39, 0.29) is 37.7 Å². The first-order chi connectivity index (χ1) is 14.4. The molecule has 0 bridgehead atoms. The molecule has 0 heterocycles. The van der Waals surface area contributed by atoms with Crippen LogP contribution in [0.4, 0.5) is 0 Å². The van der Waals surface area contributed by atoms with Crippen LogP contribution in [0, 0.1) is 0 Å². The monoisotopic (exact) mass is 490 g/mol. The van der Waals surface area contributed by atoms with Gasteiger partial charge in [-0.1, -0.05) is 129 Å². The molecule has 0 aliphatic heterocycles. The van der Waals surface area contributed by atoms with E-state index in [0.29, 0.717) is 0 Å². The quantitative estimate of drug-likeness (QED) is 0.0697. The molecule has 0 amide bonds. The zero-order valence-corrected chi connectivity index (χ0v) is 23.7. The van der Waals surface area contributed by atoms with Crippen molar-refractivity contribution in [2.24, 2.45) is 0 Å². The van der Waals surface area contributed by atoms with Gasteiger partial charge in [0.05, 0.1) is 0 Å². The summed E-state index contributed by atoms with van der Waals surface area (Å²) >= 11 is 0. The summed E-state index contributed by atoms with van der Waals surface area (Å²) in [7, 11) is -5.17. The third-order valence-electron chi connectivity index (χ3n) is 5.28. The van der Waals surface area contributed by atoms with Crippen molar-refractivity contribution in [3.8, 4) is 0 Å². The Morgan fingerprint density at radius 2 is 0.677 bits per heavy atom. The third kappa shape index (κ3) is 49.3. The van der Waals surface area contributed by atoms with Crippen molar-refractivity contribution < 1.29 is 22.3 Å². The minimum absolute atomic E-state index is 0. The van der Waals surface area contributed by atoms with Crippen LogP contribution in [0.15, 0.2) is 0 Å². The molecule has 184 valence electrons. The molecular weight excluding hydrogens is 440 g/mol. The summed E-state index contributed by atoms with van der Waals surface area (Å²) in [4.78, 5) is 0. The van der Waals surface area contributed by atoms with Crippen molar-refractivity contribution in [1.29, 1.82) is 0 Å². The Labute approximate surface area is 224 Å². The van der Waals surface area contributed by atoms with Crippen molar-refractivity contribution in [2.45, 2.75) is 142 Å². The van der Waals surface area contributed by atoms with Gasteiger partial charge in [0.2, 0.25) is 0 Å². The Kier molecular flexibility index (Phi) is 36.8. The molecule has 0 spiro atoms. The van der Waals surface area contributed by atoms with Gasteiger partial charge in [-0.3, -0.25) is 8.42 Å². The number of unbranched alkanes of at least 4 members (excludes halogenated alkanes) is 18. The van der Waals surface area contributed by atoms with Crippen LogP contribution in [-0.2, 0) is 15.1 Å². The van der Waals surface area contributed by atoms with Crippen molar-refractivity contribution in [3.63, 3.8) is 0 Å². The SMILES string of the molecule is CCCCCCCCCCCCOCCCCCCCCCCCC.O=S(=O)([O-])[O-].[Ca+2]. The van der Waals surface area contributed by atoms with Gasteiger partial charge in [-0.25, -0.2) is 0 Å². The molecule has 0 aromatic heterocycles. The summed E-state index contributed by atoms with van der Waals surface area (Å²) in [6, 6.07) is 0. The topological polar surface area (TPSA) is 89.5 Å². The van der Waals surface area contributed by atoms with Gasteiger partial charge in [-0.2, -0.15) is 0 Å². The molecule has 0 unspecified atom stereocenters. The van der Waals surface area contributed by atoms with Crippen LogP contribution in [0.5, 0.6) is 0 Å². The molecule has 0 aromatic carbocycles. The molecule has 0 saturated heterocycles. The van der Waals surface area contributed by atoms with Crippen LogP contribution < -0.4 is 0 Å². The molecular formula is C24H50CaO5S. The Bertz CT molecular complexity index is 375. The summed E-state index contributed by atoms with van der Waals surface area (Å²) < 4.78 is 39.9. The van der Waals surface area contributed by atoms with E-state index in [0.717, 1.165) is 13.2 Å². The number of hydrogen-bond donors (Lipinski definition) is 0. The molecule has 0 fully saturated rings. The van der Waals surface area contributed by atoms with Crippen molar-refractivity contribution >= 4 is 48.1 Å². The fourth-order valence-corrected chi connectivity index (χ4v) is 3.49. The zero-order chi connectivity index (χ0) is 22.8. The predicted octanol–water partition coefficient (Wildman–Crippen LogP) is 7.13. The molecule has 0 saturated carbocycles. The van der Waals surface area contributed by atoms with Gasteiger partial charge in [0, 0.05) is 23.6 Å². The maximum atomic E-state index is 8.52. The number of rotatable bonds is 22. The molecule has 0 aliphatic carbocycles. The summed E-state index contributed by atoms with van der Waals surface area (Å²) in [5.41, 5.74) is 0. The van der Waals surface area contributed by atoms with Gasteiger partial charge < -0.3 is 13.8 Å². The van der Waals surface area contributed by atoms with E-state index in [1.807, 2.05) is 0 Å². The summed E-state index contributed by atoms with van der Waals surface area (Å²) in [5, 5.41) is 0. The molecule has 0 aliphatic rings. The fraction of sp³-hybridized carbons (Fsp3) is 1.00. The van der Waals surface area contributed by atoms with E-state index in [1.54, 1.807) is 0 Å². The summed E-state index contributed by atoms with van der Waals surface area (Å²) in [6.07, 6.45) is 28.2. The second-order valence-corrected chi connectivity index (χ2v) is 9.20. The molecule has 7 heteroatoms. The molecule has 31 heavy (non-hydrogen) atoms. The molecule has 0 atom stereocenters. The van der Waals surface area contributed by atoms with Gasteiger partial charge in [0.25, 0.3) is 0 Å². The fourth-order valence-electron chi connectivity index (χ4n) is 3.49. The summed E-state index contributed by atoms with van der Waals surface area (Å²) in [6.45, 7) is 6.57. The molecule has 5 nitrogen and oxygen atoms in total. The van der Waals surface area contributed by atoms with E-state index in [4.69, 9.17) is 22.3 Å². The molecule has 0 N–H and O–H groups in total. The van der Waals surface area contributed by atoms with E-state index < -0.39 is 10.4 Å². The van der Waals surface area contributed by atoms with Crippen molar-refractivity contribution in [1.82, 2.24) is 0 Å². The Morgan fingerprint density at radius 1 is 0.484 bits per heavy atom. The van der Waals surface area contributed by atoms with Crippen LogP contribution in [0.1, 0.15) is 142 Å². The molecule has 0 aromatic rings. The Morgan fingerprint density at radius 3 is 0.903 bits per heavy atom. The van der Waals surface area contributed by atoms with E-state index >= 15 is 0 Å². The number of hydrogen-bond acceptors (Lipinski definition) is 5. The number of ether oxygens (including phenoxy) is 1. The predicted molar refractivity (Wildman–Crippen MR) is 131 cm³/mol. The first-order valence-corrected chi connectivity index (χ1v) is 14.0. The Balaban J connectivity index is -0.00000116. The standard InChI is InChI=1S/C24H50O.Ca.H2O4S/c1-3-5-7-9-11-13-15-17-19-21-23-25-24-22-20-18-16-14-12-10-8-6-4-2;;1-5(2,3)4/h3-24H2,1-2H3;;(H2,1,2,3,4)/q;+2;/p-2. The van der Waals surface area contributed by atoms with Gasteiger partial charge in [0.15, 0.2) is 0 Å². The van der Waals surface area contributed by atoms with Crippen LogP contribution in [0.25, 0.3) is 0 Å². The van der Waals surface area contributed by atoms with Crippen LogP contribution in [-0.4, -0.2) is 68.5 Å². The minimum Gasteiger partial charge on any atom is -0.759 e. The maximum absolute atomic E-state index is 8.52. The van der Waals surface area contributed by atoms with Crippen molar-refractivity contribution in [3.05, 3.63) is 0 Å². The second kappa shape index (κ2) is 31.1. The van der Waals surface area contributed by atoms with Crippen LogP contribution in [0.2, 0.25) is 0 Å². The zero-order valence-electron chi connectivity index (χ0n) is 20.7. The minimum atomic E-state index is -5.17. The van der Waals surface area contributed by atoms with Gasteiger partial charge >= 0.3 is 37.7 Å². The summed E-state index contributed by atoms with van der Waals surface area (Å²) in [5.74, 6) is 0. The maximum Gasteiger partial charge on any atom is 2.00 e. The van der Waals surface area contributed by atoms with Crippen molar-refractivity contribution in [2.75, 3.05) is 13.2 Å². The molecule has 0 rings (SSSR count). The first-order valence-electron chi connectivity index (χ1n) is 12.7. The van der Waals surface area contributed by atoms with E-state index in [9.17, 15) is 0 Å². The normalized spacial score (nSPS) is 11.0. The van der Waals surface area contributed by atoms with Crippen LogP contribution >= 0.6 is 0 Å². The average molecular weight is 491 g/mol. The van der Waals surface area contributed by atoms with Gasteiger partial charge in [-0.15, -0.1) is 0 Å². The van der Waals surface area contributed by atoms with Gasteiger partial charge in [0.1, 0.15) is 0 Å². The second-order valence-electron chi connectivity index (χ2n) is 8.38. The first kappa shape index (κ1) is 36.7. The third-order valence-corrected chi connectivity index (χ3v) is 5.28. The van der Waals surface area contributed by atoms with Crippen LogP contribution in [0.3, 0.4) is 0 Å². The Hall–Kier alpha value is 1.09. The largest absolute Gasteiger partial charge is 2.00 e. The average Bonchev–Trinajstić information content (AvgIpc) is 2.68. The van der Waals surface area contributed by atoms with E-state index in [1.165, 1.54) is 128 Å². The van der Waals surface area contributed by atoms with E-state index in [2.05, 4.69) is 13.8 Å². The molecule has 0 radical (unpaired) electrons. The van der Waals surface area contributed by atoms with Gasteiger partial charge in [-0.05, 0) is 12.8 Å².